The lowest BCUT2D eigenvalue weighted by atomic mass is 10.1. The number of amides is 3. The van der Waals surface area contributed by atoms with Gasteiger partial charge < -0.3 is 14.8 Å². The van der Waals surface area contributed by atoms with Crippen LogP contribution in [0.1, 0.15) is 32.8 Å². The maximum absolute atomic E-state index is 12.3. The van der Waals surface area contributed by atoms with Gasteiger partial charge >= 0.3 is 6.03 Å². The van der Waals surface area contributed by atoms with Crippen molar-refractivity contribution in [1.29, 1.82) is 0 Å². The van der Waals surface area contributed by atoms with Crippen molar-refractivity contribution in [1.82, 2.24) is 10.2 Å². The molecular weight excluding hydrogens is 376 g/mol. The minimum atomic E-state index is -0.393. The fraction of sp³-hybridized carbons (Fsp3) is 0.412. The van der Waals surface area contributed by atoms with Crippen molar-refractivity contribution in [3.05, 3.63) is 27.9 Å². The lowest BCUT2D eigenvalue weighted by Crippen LogP contribution is -2.31. The summed E-state index contributed by atoms with van der Waals surface area (Å²) < 4.78 is 11.9. The Morgan fingerprint density at radius 3 is 2.42 bits per heavy atom. The molecule has 0 aliphatic carbocycles. The first-order valence-electron chi connectivity index (χ1n) is 7.95. The summed E-state index contributed by atoms with van der Waals surface area (Å²) in [6.45, 7) is 7.10. The standard InChI is InChI=1S/C17H21BrN2O4/c1-4-7-20-16(21)13(19-17(20)22)9-11-8-12(18)15(24-6-3)10-14(11)23-5-2/h8-10H,4-7H2,1-3H3,(H,19,22)/b13-9+. The van der Waals surface area contributed by atoms with E-state index in [2.05, 4.69) is 21.2 Å². The van der Waals surface area contributed by atoms with Crippen LogP contribution in [-0.2, 0) is 4.79 Å². The molecule has 0 atom stereocenters. The van der Waals surface area contributed by atoms with Crippen LogP contribution in [0.5, 0.6) is 11.5 Å². The molecule has 1 aromatic carbocycles. The fourth-order valence-corrected chi connectivity index (χ4v) is 2.84. The Bertz CT molecular complexity index is 673. The molecule has 130 valence electrons. The highest BCUT2D eigenvalue weighted by Crippen LogP contribution is 2.34. The Labute approximate surface area is 149 Å². The Hall–Kier alpha value is -2.02. The van der Waals surface area contributed by atoms with E-state index in [1.54, 1.807) is 12.1 Å². The summed E-state index contributed by atoms with van der Waals surface area (Å²) in [7, 11) is 0. The Morgan fingerprint density at radius 2 is 1.79 bits per heavy atom. The van der Waals surface area contributed by atoms with Crippen molar-refractivity contribution in [2.45, 2.75) is 27.2 Å². The number of carbonyl (C=O) groups excluding carboxylic acids is 2. The monoisotopic (exact) mass is 396 g/mol. The van der Waals surface area contributed by atoms with Crippen molar-refractivity contribution >= 4 is 33.9 Å². The first kappa shape index (κ1) is 18.3. The van der Waals surface area contributed by atoms with Crippen LogP contribution in [0.25, 0.3) is 6.08 Å². The molecular formula is C17H21BrN2O4. The molecule has 2 rings (SSSR count). The first-order valence-corrected chi connectivity index (χ1v) is 8.74. The number of hydrogen-bond acceptors (Lipinski definition) is 4. The Morgan fingerprint density at radius 1 is 1.12 bits per heavy atom. The number of rotatable bonds is 7. The van der Waals surface area contributed by atoms with Crippen LogP contribution in [0, 0.1) is 0 Å². The molecule has 1 fully saturated rings. The molecule has 0 radical (unpaired) electrons. The number of ether oxygens (including phenoxy) is 2. The van der Waals surface area contributed by atoms with Gasteiger partial charge in [0.1, 0.15) is 17.2 Å². The van der Waals surface area contributed by atoms with Gasteiger partial charge in [-0.25, -0.2) is 4.79 Å². The smallest absolute Gasteiger partial charge is 0.329 e. The zero-order chi connectivity index (χ0) is 17.7. The van der Waals surface area contributed by atoms with Crippen LogP contribution >= 0.6 is 15.9 Å². The molecule has 0 aromatic heterocycles. The van der Waals surface area contributed by atoms with Crippen LogP contribution in [0.4, 0.5) is 4.79 Å². The molecule has 0 bridgehead atoms. The van der Waals surface area contributed by atoms with Gasteiger partial charge in [-0.2, -0.15) is 0 Å². The summed E-state index contributed by atoms with van der Waals surface area (Å²) in [6, 6.07) is 3.19. The third-order valence-corrected chi connectivity index (χ3v) is 3.99. The van der Waals surface area contributed by atoms with E-state index in [1.807, 2.05) is 26.8 Å². The Kier molecular flexibility index (Phi) is 6.25. The highest BCUT2D eigenvalue weighted by atomic mass is 79.9. The van der Waals surface area contributed by atoms with E-state index in [4.69, 9.17) is 9.47 Å². The number of imide groups is 1. The number of halogens is 1. The molecule has 0 saturated carbocycles. The number of hydrogen-bond donors (Lipinski definition) is 1. The minimum absolute atomic E-state index is 0.241. The molecule has 1 saturated heterocycles. The molecule has 0 spiro atoms. The molecule has 1 heterocycles. The number of urea groups is 1. The molecule has 1 aliphatic rings. The molecule has 7 heteroatoms. The summed E-state index contributed by atoms with van der Waals surface area (Å²) >= 11 is 3.45. The topological polar surface area (TPSA) is 67.9 Å². The van der Waals surface area contributed by atoms with Gasteiger partial charge in [-0.3, -0.25) is 9.69 Å². The van der Waals surface area contributed by atoms with E-state index in [9.17, 15) is 9.59 Å². The van der Waals surface area contributed by atoms with E-state index < -0.39 is 6.03 Å². The van der Waals surface area contributed by atoms with E-state index >= 15 is 0 Å². The number of benzene rings is 1. The third kappa shape index (κ3) is 3.90. The van der Waals surface area contributed by atoms with Gasteiger partial charge in [0.05, 0.1) is 17.7 Å². The van der Waals surface area contributed by atoms with Crippen LogP contribution in [0.3, 0.4) is 0 Å². The van der Waals surface area contributed by atoms with Crippen LogP contribution in [-0.4, -0.2) is 36.6 Å². The second-order valence-electron chi connectivity index (χ2n) is 5.13. The van der Waals surface area contributed by atoms with Gasteiger partial charge in [0.25, 0.3) is 5.91 Å². The largest absolute Gasteiger partial charge is 0.493 e. The third-order valence-electron chi connectivity index (χ3n) is 3.37. The molecule has 1 aliphatic heterocycles. The number of nitrogens with one attached hydrogen (secondary N) is 1. The predicted molar refractivity (Wildman–Crippen MR) is 95.0 cm³/mol. The zero-order valence-corrected chi connectivity index (χ0v) is 15.6. The molecule has 24 heavy (non-hydrogen) atoms. The van der Waals surface area contributed by atoms with Crippen molar-refractivity contribution < 1.29 is 19.1 Å². The lowest BCUT2D eigenvalue weighted by molar-refractivity contribution is -0.122. The highest BCUT2D eigenvalue weighted by molar-refractivity contribution is 9.10. The fourth-order valence-electron chi connectivity index (χ4n) is 2.36. The van der Waals surface area contributed by atoms with Crippen LogP contribution in [0.15, 0.2) is 22.3 Å². The highest BCUT2D eigenvalue weighted by Gasteiger charge is 2.32. The summed E-state index contributed by atoms with van der Waals surface area (Å²) in [5.41, 5.74) is 0.930. The van der Waals surface area contributed by atoms with Crippen molar-refractivity contribution in [3.8, 4) is 11.5 Å². The summed E-state index contributed by atoms with van der Waals surface area (Å²) in [6.07, 6.45) is 2.34. The van der Waals surface area contributed by atoms with Gasteiger partial charge in [-0.1, -0.05) is 6.92 Å². The second kappa shape index (κ2) is 8.19. The number of nitrogens with zero attached hydrogens (tertiary/aromatic N) is 1. The molecule has 3 amide bonds. The first-order chi connectivity index (χ1) is 11.5. The second-order valence-corrected chi connectivity index (χ2v) is 5.99. The van der Waals surface area contributed by atoms with Gasteiger partial charge in [0.2, 0.25) is 0 Å². The minimum Gasteiger partial charge on any atom is -0.493 e. The maximum atomic E-state index is 12.3. The molecule has 1 aromatic rings. The van der Waals surface area contributed by atoms with Crippen molar-refractivity contribution in [2.75, 3.05) is 19.8 Å². The normalized spacial score (nSPS) is 15.8. The average molecular weight is 397 g/mol. The van der Waals surface area contributed by atoms with Gasteiger partial charge in [0, 0.05) is 18.2 Å². The predicted octanol–water partition coefficient (Wildman–Crippen LogP) is 3.55. The van der Waals surface area contributed by atoms with E-state index in [1.165, 1.54) is 4.90 Å². The quantitative estimate of drug-likeness (QED) is 0.565. The van der Waals surface area contributed by atoms with Crippen LogP contribution < -0.4 is 14.8 Å². The molecule has 1 N–H and O–H groups in total. The summed E-state index contributed by atoms with van der Waals surface area (Å²) in [4.78, 5) is 25.4. The van der Waals surface area contributed by atoms with Gasteiger partial charge in [0.15, 0.2) is 0 Å². The molecule has 0 unspecified atom stereocenters. The Balaban J connectivity index is 2.39. The summed E-state index contributed by atoms with van der Waals surface area (Å²) in [5, 5.41) is 2.61. The van der Waals surface area contributed by atoms with Gasteiger partial charge in [-0.05, 0) is 48.3 Å². The SMILES string of the molecule is CCCN1C(=O)N/C(=C/c2cc(Br)c(OCC)cc2OCC)C1=O. The maximum Gasteiger partial charge on any atom is 0.329 e. The van der Waals surface area contributed by atoms with Crippen LogP contribution in [0.2, 0.25) is 0 Å². The van der Waals surface area contributed by atoms with E-state index in [0.717, 1.165) is 4.47 Å². The van der Waals surface area contributed by atoms with Gasteiger partial charge in [-0.15, -0.1) is 0 Å². The summed E-state index contributed by atoms with van der Waals surface area (Å²) in [5.74, 6) is 0.930. The average Bonchev–Trinajstić information content (AvgIpc) is 2.80. The van der Waals surface area contributed by atoms with E-state index in [0.29, 0.717) is 43.2 Å². The molecule has 6 nitrogen and oxygen atoms in total. The number of carbonyl (C=O) groups is 2. The zero-order valence-electron chi connectivity index (χ0n) is 14.0. The van der Waals surface area contributed by atoms with Crippen molar-refractivity contribution in [2.24, 2.45) is 0 Å². The lowest BCUT2D eigenvalue weighted by Gasteiger charge is -2.13. The van der Waals surface area contributed by atoms with Crippen molar-refractivity contribution in [3.63, 3.8) is 0 Å². The van der Waals surface area contributed by atoms with E-state index in [-0.39, 0.29) is 11.6 Å².